The minimum atomic E-state index is -4.45. The number of hydrogen-bond acceptors (Lipinski definition) is 3. The standard InChI is InChI=1S/C14H10ClF3N4/c15-9-3-1-2-8(4-9)6-19-12-10-5-11(14(16,17)18)22-13(10)21-7-20-12/h1-5,7H,6H2,(H2,19,20,21,22). The van der Waals surface area contributed by atoms with E-state index < -0.39 is 11.9 Å². The Labute approximate surface area is 128 Å². The molecule has 0 radical (unpaired) electrons. The van der Waals surface area contributed by atoms with Gasteiger partial charge < -0.3 is 10.3 Å². The zero-order chi connectivity index (χ0) is 15.7. The first-order chi connectivity index (χ1) is 10.4. The van der Waals surface area contributed by atoms with E-state index in [4.69, 9.17) is 11.6 Å². The van der Waals surface area contributed by atoms with Crippen molar-refractivity contribution in [3.05, 3.63) is 52.9 Å². The molecular weight excluding hydrogens is 317 g/mol. The molecule has 3 aromatic rings. The number of rotatable bonds is 3. The lowest BCUT2D eigenvalue weighted by Gasteiger charge is -2.06. The van der Waals surface area contributed by atoms with Crippen LogP contribution in [-0.2, 0) is 12.7 Å². The average Bonchev–Trinajstić information content (AvgIpc) is 2.90. The van der Waals surface area contributed by atoms with Crippen LogP contribution in [0.3, 0.4) is 0 Å². The van der Waals surface area contributed by atoms with E-state index in [1.807, 2.05) is 6.07 Å². The number of nitrogens with one attached hydrogen (secondary N) is 2. The first-order valence-corrected chi connectivity index (χ1v) is 6.70. The van der Waals surface area contributed by atoms with Crippen molar-refractivity contribution in [3.8, 4) is 0 Å². The molecule has 2 aromatic heterocycles. The first-order valence-electron chi connectivity index (χ1n) is 6.33. The van der Waals surface area contributed by atoms with E-state index in [1.54, 1.807) is 18.2 Å². The van der Waals surface area contributed by atoms with Gasteiger partial charge in [-0.15, -0.1) is 0 Å². The minimum Gasteiger partial charge on any atom is -0.365 e. The molecule has 1 aromatic carbocycles. The zero-order valence-electron chi connectivity index (χ0n) is 11.1. The summed E-state index contributed by atoms with van der Waals surface area (Å²) in [5, 5.41) is 3.88. The number of fused-ring (bicyclic) bond motifs is 1. The number of halogens is 4. The van der Waals surface area contributed by atoms with Crippen LogP contribution >= 0.6 is 11.6 Å². The fourth-order valence-electron chi connectivity index (χ4n) is 2.07. The summed E-state index contributed by atoms with van der Waals surface area (Å²) in [6.45, 7) is 0.388. The number of aromatic amines is 1. The highest BCUT2D eigenvalue weighted by Crippen LogP contribution is 2.32. The third-order valence-corrected chi connectivity index (χ3v) is 3.32. The maximum atomic E-state index is 12.7. The monoisotopic (exact) mass is 326 g/mol. The van der Waals surface area contributed by atoms with Crippen molar-refractivity contribution < 1.29 is 13.2 Å². The van der Waals surface area contributed by atoms with Crippen molar-refractivity contribution >= 4 is 28.5 Å². The largest absolute Gasteiger partial charge is 0.431 e. The van der Waals surface area contributed by atoms with E-state index in [0.29, 0.717) is 17.4 Å². The number of hydrogen-bond donors (Lipinski definition) is 2. The summed E-state index contributed by atoms with van der Waals surface area (Å²) < 4.78 is 38.2. The van der Waals surface area contributed by atoms with E-state index in [1.165, 1.54) is 6.33 Å². The molecule has 0 amide bonds. The molecule has 22 heavy (non-hydrogen) atoms. The third kappa shape index (κ3) is 2.99. The van der Waals surface area contributed by atoms with E-state index in [2.05, 4.69) is 20.3 Å². The average molecular weight is 327 g/mol. The van der Waals surface area contributed by atoms with Crippen LogP contribution in [0.15, 0.2) is 36.7 Å². The van der Waals surface area contributed by atoms with Gasteiger partial charge in [-0.2, -0.15) is 13.2 Å². The highest BCUT2D eigenvalue weighted by Gasteiger charge is 2.33. The van der Waals surface area contributed by atoms with Crippen LogP contribution in [-0.4, -0.2) is 15.0 Å². The number of benzene rings is 1. The van der Waals surface area contributed by atoms with Crippen LogP contribution in [0, 0.1) is 0 Å². The molecule has 4 nitrogen and oxygen atoms in total. The maximum Gasteiger partial charge on any atom is 0.431 e. The highest BCUT2D eigenvalue weighted by atomic mass is 35.5. The zero-order valence-corrected chi connectivity index (χ0v) is 11.8. The van der Waals surface area contributed by atoms with E-state index in [9.17, 15) is 13.2 Å². The third-order valence-electron chi connectivity index (χ3n) is 3.08. The Morgan fingerprint density at radius 1 is 1.18 bits per heavy atom. The Morgan fingerprint density at radius 3 is 2.73 bits per heavy atom. The van der Waals surface area contributed by atoms with Crippen LogP contribution in [0.1, 0.15) is 11.3 Å². The minimum absolute atomic E-state index is 0.135. The quantitative estimate of drug-likeness (QED) is 0.757. The molecule has 0 fully saturated rings. The van der Waals surface area contributed by atoms with Crippen molar-refractivity contribution in [1.82, 2.24) is 15.0 Å². The van der Waals surface area contributed by atoms with Crippen molar-refractivity contribution in [3.63, 3.8) is 0 Å². The van der Waals surface area contributed by atoms with Crippen LogP contribution in [0.2, 0.25) is 5.02 Å². The van der Waals surface area contributed by atoms with Gasteiger partial charge in [0, 0.05) is 11.6 Å². The summed E-state index contributed by atoms with van der Waals surface area (Å²) >= 11 is 5.89. The van der Waals surface area contributed by atoms with Gasteiger partial charge in [-0.05, 0) is 23.8 Å². The van der Waals surface area contributed by atoms with Gasteiger partial charge in [-0.1, -0.05) is 23.7 Å². The predicted octanol–water partition coefficient (Wildman–Crippen LogP) is 4.24. The van der Waals surface area contributed by atoms with Gasteiger partial charge in [0.1, 0.15) is 23.5 Å². The molecule has 0 bridgehead atoms. The van der Waals surface area contributed by atoms with Gasteiger partial charge in [-0.3, -0.25) is 0 Å². The summed E-state index contributed by atoms with van der Waals surface area (Å²) in [6, 6.07) is 8.17. The summed E-state index contributed by atoms with van der Waals surface area (Å²) in [5.74, 6) is 0.330. The van der Waals surface area contributed by atoms with Gasteiger partial charge in [0.15, 0.2) is 0 Å². The Bertz CT molecular complexity index is 813. The summed E-state index contributed by atoms with van der Waals surface area (Å²) in [5.41, 5.74) is 0.176. The molecule has 0 aliphatic carbocycles. The van der Waals surface area contributed by atoms with Crippen molar-refractivity contribution in [1.29, 1.82) is 0 Å². The van der Waals surface area contributed by atoms with Crippen molar-refractivity contribution in [2.45, 2.75) is 12.7 Å². The van der Waals surface area contributed by atoms with E-state index >= 15 is 0 Å². The Kier molecular flexibility index (Phi) is 3.66. The fraction of sp³-hybridized carbons (Fsp3) is 0.143. The van der Waals surface area contributed by atoms with Gasteiger partial charge in [0.2, 0.25) is 0 Å². The van der Waals surface area contributed by atoms with Crippen LogP contribution in [0.5, 0.6) is 0 Å². The number of alkyl halides is 3. The molecule has 0 saturated carbocycles. The summed E-state index contributed by atoms with van der Waals surface area (Å²) in [4.78, 5) is 10.1. The van der Waals surface area contributed by atoms with Crippen LogP contribution in [0.25, 0.3) is 11.0 Å². The second-order valence-corrected chi connectivity index (χ2v) is 5.09. The Hall–Kier alpha value is -2.28. The van der Waals surface area contributed by atoms with Gasteiger partial charge in [-0.25, -0.2) is 9.97 Å². The molecular formula is C14H10ClF3N4. The molecule has 0 unspecified atom stereocenters. The number of aromatic nitrogens is 3. The molecule has 0 saturated heterocycles. The lowest BCUT2D eigenvalue weighted by atomic mass is 10.2. The number of anilines is 1. The molecule has 0 aliphatic heterocycles. The molecule has 8 heteroatoms. The summed E-state index contributed by atoms with van der Waals surface area (Å²) in [7, 11) is 0. The predicted molar refractivity (Wildman–Crippen MR) is 77.7 cm³/mol. The molecule has 114 valence electrons. The molecule has 0 spiro atoms. The SMILES string of the molecule is FC(F)(F)c1cc2c(NCc3cccc(Cl)c3)ncnc2[nH]1. The van der Waals surface area contributed by atoms with Gasteiger partial charge in [0.05, 0.1) is 5.39 Å². The van der Waals surface area contributed by atoms with Crippen LogP contribution < -0.4 is 5.32 Å². The molecule has 3 rings (SSSR count). The van der Waals surface area contributed by atoms with Crippen molar-refractivity contribution in [2.75, 3.05) is 5.32 Å². The van der Waals surface area contributed by atoms with E-state index in [0.717, 1.165) is 11.6 Å². The fourth-order valence-corrected chi connectivity index (χ4v) is 2.28. The Morgan fingerprint density at radius 2 is 2.00 bits per heavy atom. The van der Waals surface area contributed by atoms with Gasteiger partial charge in [0.25, 0.3) is 0 Å². The lowest BCUT2D eigenvalue weighted by Crippen LogP contribution is -2.04. The smallest absolute Gasteiger partial charge is 0.365 e. The molecule has 0 aliphatic rings. The Balaban J connectivity index is 1.89. The lowest BCUT2D eigenvalue weighted by molar-refractivity contribution is -0.140. The topological polar surface area (TPSA) is 53.6 Å². The first kappa shape index (κ1) is 14.6. The second-order valence-electron chi connectivity index (χ2n) is 4.65. The normalized spacial score (nSPS) is 11.8. The molecule has 2 N–H and O–H groups in total. The number of H-pyrrole nitrogens is 1. The summed E-state index contributed by atoms with van der Waals surface area (Å²) in [6.07, 6.45) is -3.25. The van der Waals surface area contributed by atoms with E-state index in [-0.39, 0.29) is 11.0 Å². The van der Waals surface area contributed by atoms with Crippen LogP contribution in [0.4, 0.5) is 19.0 Å². The highest BCUT2D eigenvalue weighted by molar-refractivity contribution is 6.30. The van der Waals surface area contributed by atoms with Gasteiger partial charge >= 0.3 is 6.18 Å². The maximum absolute atomic E-state index is 12.7. The molecule has 0 atom stereocenters. The van der Waals surface area contributed by atoms with Crippen molar-refractivity contribution in [2.24, 2.45) is 0 Å². The molecule has 2 heterocycles. The number of nitrogens with zero attached hydrogens (tertiary/aromatic N) is 2. The second kappa shape index (κ2) is 5.49.